The van der Waals surface area contributed by atoms with Gasteiger partial charge < -0.3 is 10.4 Å². The summed E-state index contributed by atoms with van der Waals surface area (Å²) in [5, 5.41) is 13.6. The topological polar surface area (TPSA) is 49.3 Å². The molecule has 2 aromatic rings. The number of nitrogens with one attached hydrogen (secondary N) is 1. The van der Waals surface area contributed by atoms with E-state index in [1.54, 1.807) is 0 Å². The van der Waals surface area contributed by atoms with Crippen LogP contribution >= 0.6 is 0 Å². The molecule has 0 heterocycles. The first-order valence-corrected chi connectivity index (χ1v) is 7.70. The van der Waals surface area contributed by atoms with Crippen LogP contribution in [0.15, 0.2) is 48.5 Å². The largest absolute Gasteiger partial charge is 0.388 e. The third kappa shape index (κ3) is 3.20. The highest BCUT2D eigenvalue weighted by Gasteiger charge is 2.32. The first-order chi connectivity index (χ1) is 10.6. The van der Waals surface area contributed by atoms with E-state index in [1.807, 2.05) is 43.3 Å². The second kappa shape index (κ2) is 5.93. The Balaban J connectivity index is 1.64. The van der Waals surface area contributed by atoms with Gasteiger partial charge in [0.2, 0.25) is 0 Å². The average Bonchev–Trinajstić information content (AvgIpc) is 2.53. The average molecular weight is 295 g/mol. The molecule has 0 fully saturated rings. The van der Waals surface area contributed by atoms with Crippen LogP contribution in [0.5, 0.6) is 0 Å². The number of carbonyl (C=O) groups excluding carboxylic acids is 1. The van der Waals surface area contributed by atoms with Gasteiger partial charge in [-0.2, -0.15) is 0 Å². The molecule has 0 bridgehead atoms. The van der Waals surface area contributed by atoms with Gasteiger partial charge in [-0.3, -0.25) is 4.79 Å². The molecule has 3 heteroatoms. The molecule has 0 spiro atoms. The summed E-state index contributed by atoms with van der Waals surface area (Å²) >= 11 is 0. The van der Waals surface area contributed by atoms with E-state index >= 15 is 0 Å². The molecule has 1 amide bonds. The van der Waals surface area contributed by atoms with Crippen molar-refractivity contribution in [1.29, 1.82) is 0 Å². The lowest BCUT2D eigenvalue weighted by molar-refractivity contribution is 0.0260. The van der Waals surface area contributed by atoms with E-state index in [2.05, 4.69) is 17.4 Å². The number of benzene rings is 2. The van der Waals surface area contributed by atoms with Gasteiger partial charge in [0.05, 0.1) is 5.60 Å². The fourth-order valence-corrected chi connectivity index (χ4v) is 2.99. The molecule has 1 unspecified atom stereocenters. The zero-order valence-electron chi connectivity index (χ0n) is 12.8. The van der Waals surface area contributed by atoms with Gasteiger partial charge in [-0.05, 0) is 43.0 Å². The fourth-order valence-electron chi connectivity index (χ4n) is 2.99. The van der Waals surface area contributed by atoms with Gasteiger partial charge in [0.25, 0.3) is 5.91 Å². The summed E-state index contributed by atoms with van der Waals surface area (Å²) in [4.78, 5) is 12.2. The van der Waals surface area contributed by atoms with E-state index in [4.69, 9.17) is 0 Å². The second-order valence-corrected chi connectivity index (χ2v) is 6.22. The van der Waals surface area contributed by atoms with Crippen molar-refractivity contribution in [1.82, 2.24) is 5.32 Å². The quantitative estimate of drug-likeness (QED) is 0.914. The lowest BCUT2D eigenvalue weighted by Gasteiger charge is -2.33. The normalized spacial score (nSPS) is 20.3. The number of fused-ring (bicyclic) bond motifs is 1. The number of hydrogen-bond acceptors (Lipinski definition) is 2. The minimum Gasteiger partial charge on any atom is -0.388 e. The molecule has 3 rings (SSSR count). The molecule has 0 radical (unpaired) electrons. The van der Waals surface area contributed by atoms with Crippen molar-refractivity contribution in [2.24, 2.45) is 0 Å². The SMILES string of the molecule is Cc1ccc(C(=O)NCC2(O)CCc3ccccc3C2)cc1. The second-order valence-electron chi connectivity index (χ2n) is 6.22. The third-order valence-corrected chi connectivity index (χ3v) is 4.39. The van der Waals surface area contributed by atoms with Gasteiger partial charge in [-0.15, -0.1) is 0 Å². The number of aliphatic hydroxyl groups is 1. The Hall–Kier alpha value is -2.13. The Morgan fingerprint density at radius 3 is 2.55 bits per heavy atom. The summed E-state index contributed by atoms with van der Waals surface area (Å²) in [5.41, 5.74) is 3.39. The molecule has 2 aromatic carbocycles. The highest BCUT2D eigenvalue weighted by molar-refractivity contribution is 5.94. The number of amides is 1. The highest BCUT2D eigenvalue weighted by atomic mass is 16.3. The molecule has 0 saturated heterocycles. The maximum atomic E-state index is 12.2. The molecule has 1 aliphatic rings. The summed E-state index contributed by atoms with van der Waals surface area (Å²) in [5.74, 6) is -0.132. The lowest BCUT2D eigenvalue weighted by Crippen LogP contribution is -2.46. The Kier molecular flexibility index (Phi) is 3.99. The molecule has 22 heavy (non-hydrogen) atoms. The highest BCUT2D eigenvalue weighted by Crippen LogP contribution is 2.28. The molecule has 0 saturated carbocycles. The van der Waals surface area contributed by atoms with E-state index in [-0.39, 0.29) is 12.5 Å². The zero-order chi connectivity index (χ0) is 15.6. The van der Waals surface area contributed by atoms with E-state index in [0.29, 0.717) is 18.4 Å². The molecular formula is C19H21NO2. The van der Waals surface area contributed by atoms with Gasteiger partial charge in [-0.25, -0.2) is 0 Å². The molecule has 0 aromatic heterocycles. The summed E-state index contributed by atoms with van der Waals surface area (Å²) in [6.07, 6.45) is 2.13. The molecule has 114 valence electrons. The Bertz CT molecular complexity index is 678. The van der Waals surface area contributed by atoms with Crippen LogP contribution in [0.25, 0.3) is 0 Å². The van der Waals surface area contributed by atoms with Crippen LogP contribution in [0.4, 0.5) is 0 Å². The van der Waals surface area contributed by atoms with E-state index in [9.17, 15) is 9.90 Å². The molecular weight excluding hydrogens is 274 g/mol. The number of hydrogen-bond donors (Lipinski definition) is 2. The van der Waals surface area contributed by atoms with E-state index in [0.717, 1.165) is 12.0 Å². The van der Waals surface area contributed by atoms with E-state index < -0.39 is 5.60 Å². The Labute approximate surface area is 131 Å². The van der Waals surface area contributed by atoms with Crippen molar-refractivity contribution >= 4 is 5.91 Å². The van der Waals surface area contributed by atoms with Crippen LogP contribution in [-0.2, 0) is 12.8 Å². The third-order valence-electron chi connectivity index (χ3n) is 4.39. The molecule has 2 N–H and O–H groups in total. The van der Waals surface area contributed by atoms with Crippen molar-refractivity contribution < 1.29 is 9.90 Å². The maximum Gasteiger partial charge on any atom is 0.251 e. The number of aryl methyl sites for hydroxylation is 2. The van der Waals surface area contributed by atoms with Gasteiger partial charge in [0.1, 0.15) is 0 Å². The van der Waals surface area contributed by atoms with Crippen LogP contribution in [0.3, 0.4) is 0 Å². The van der Waals surface area contributed by atoms with Crippen molar-refractivity contribution in [2.75, 3.05) is 6.54 Å². The minimum absolute atomic E-state index is 0.132. The Morgan fingerprint density at radius 1 is 1.14 bits per heavy atom. The number of rotatable bonds is 3. The van der Waals surface area contributed by atoms with Crippen LogP contribution < -0.4 is 5.32 Å². The van der Waals surface area contributed by atoms with Gasteiger partial charge >= 0.3 is 0 Å². The van der Waals surface area contributed by atoms with Crippen LogP contribution in [0, 0.1) is 6.92 Å². The molecule has 3 nitrogen and oxygen atoms in total. The van der Waals surface area contributed by atoms with Gasteiger partial charge in [-0.1, -0.05) is 42.0 Å². The molecule has 1 aliphatic carbocycles. The zero-order valence-corrected chi connectivity index (χ0v) is 12.8. The minimum atomic E-state index is -0.852. The van der Waals surface area contributed by atoms with Crippen LogP contribution in [-0.4, -0.2) is 23.2 Å². The summed E-state index contributed by atoms with van der Waals surface area (Å²) in [7, 11) is 0. The molecule has 1 atom stereocenters. The fraction of sp³-hybridized carbons (Fsp3) is 0.316. The van der Waals surface area contributed by atoms with Crippen molar-refractivity contribution in [2.45, 2.75) is 31.8 Å². The molecule has 0 aliphatic heterocycles. The summed E-state index contributed by atoms with van der Waals surface area (Å²) in [6.45, 7) is 2.28. The number of carbonyl (C=O) groups is 1. The lowest BCUT2D eigenvalue weighted by atomic mass is 9.80. The van der Waals surface area contributed by atoms with Gasteiger partial charge in [0.15, 0.2) is 0 Å². The smallest absolute Gasteiger partial charge is 0.251 e. The summed E-state index contributed by atoms with van der Waals surface area (Å²) < 4.78 is 0. The Morgan fingerprint density at radius 2 is 1.82 bits per heavy atom. The van der Waals surface area contributed by atoms with Crippen LogP contribution in [0.2, 0.25) is 0 Å². The first-order valence-electron chi connectivity index (χ1n) is 7.70. The monoisotopic (exact) mass is 295 g/mol. The summed E-state index contributed by atoms with van der Waals surface area (Å²) in [6, 6.07) is 15.6. The predicted octanol–water partition coefficient (Wildman–Crippen LogP) is 2.64. The standard InChI is InChI=1S/C19H21NO2/c1-14-6-8-16(9-7-14)18(21)20-13-19(22)11-10-15-4-2-3-5-17(15)12-19/h2-9,22H,10-13H2,1H3,(H,20,21). The van der Waals surface area contributed by atoms with Crippen molar-refractivity contribution in [3.8, 4) is 0 Å². The first kappa shape index (κ1) is 14.8. The van der Waals surface area contributed by atoms with Crippen molar-refractivity contribution in [3.05, 3.63) is 70.8 Å². The van der Waals surface area contributed by atoms with Crippen LogP contribution in [0.1, 0.15) is 33.5 Å². The van der Waals surface area contributed by atoms with Crippen molar-refractivity contribution in [3.63, 3.8) is 0 Å². The van der Waals surface area contributed by atoms with E-state index in [1.165, 1.54) is 11.1 Å². The maximum absolute atomic E-state index is 12.2. The van der Waals surface area contributed by atoms with Gasteiger partial charge in [0, 0.05) is 18.5 Å². The predicted molar refractivity (Wildman–Crippen MR) is 86.9 cm³/mol.